The number of nitrogens with two attached hydrogens (primary N) is 2. The average molecular weight is 199 g/mol. The molecular weight excluding hydrogens is 193 g/mol. The van der Waals surface area contributed by atoms with Gasteiger partial charge in [-0.25, -0.2) is 4.79 Å². The van der Waals surface area contributed by atoms with Crippen molar-refractivity contribution in [1.29, 1.82) is 0 Å². The Balaban J connectivity index is 0.000000223. The molecule has 0 aromatic heterocycles. The van der Waals surface area contributed by atoms with Gasteiger partial charge in [-0.1, -0.05) is 0 Å². The molecule has 5 N–H and O–H groups in total. The predicted octanol–water partition coefficient (Wildman–Crippen LogP) is -1.55. The number of guanidine groups is 1. The standard InChI is InChI=1S/C2HF3O2.C2H4N4/c3-2(4,5)1(6)7;3-2-4-1-5-6-2/h(H,6,7);1H,(H3,3,4,5,6)/p+1. The summed E-state index contributed by atoms with van der Waals surface area (Å²) in [6.07, 6.45) is -3.53. The van der Waals surface area contributed by atoms with Crippen LogP contribution >= 0.6 is 0 Å². The first-order valence-electron chi connectivity index (χ1n) is 2.83. The molecule has 1 heterocycles. The van der Waals surface area contributed by atoms with Gasteiger partial charge < -0.3 is 10.8 Å². The first kappa shape index (κ1) is 11.4. The third kappa shape index (κ3) is 5.61. The van der Waals surface area contributed by atoms with E-state index < -0.39 is 12.1 Å². The summed E-state index contributed by atoms with van der Waals surface area (Å²) in [5, 5.41) is 10.7. The zero-order valence-electron chi connectivity index (χ0n) is 6.12. The largest absolute Gasteiger partial charge is 0.490 e. The number of carboxylic acid groups (broad SMARTS) is 1. The molecule has 0 unspecified atom stereocenters. The highest BCUT2D eigenvalue weighted by atomic mass is 19.4. The van der Waals surface area contributed by atoms with E-state index in [9.17, 15) is 13.2 Å². The zero-order valence-corrected chi connectivity index (χ0v) is 6.12. The molecule has 0 aromatic rings. The molecule has 0 bridgehead atoms. The first-order chi connectivity index (χ1) is 5.84. The van der Waals surface area contributed by atoms with Crippen molar-refractivity contribution in [1.82, 2.24) is 0 Å². The number of hydrogen-bond donors (Lipinski definition) is 3. The van der Waals surface area contributed by atoms with E-state index in [0.717, 1.165) is 0 Å². The van der Waals surface area contributed by atoms with E-state index >= 15 is 0 Å². The number of halogens is 3. The summed E-state index contributed by atoms with van der Waals surface area (Å²) in [6, 6.07) is 0. The monoisotopic (exact) mass is 199 g/mol. The molecule has 0 saturated carbocycles. The van der Waals surface area contributed by atoms with Gasteiger partial charge in [-0.3, -0.25) is 0 Å². The minimum absolute atomic E-state index is 0.343. The molecule has 0 spiro atoms. The lowest BCUT2D eigenvalue weighted by Crippen LogP contribution is -2.74. The Hall–Kier alpha value is -1.64. The second-order valence-electron chi connectivity index (χ2n) is 1.72. The molecule has 0 atom stereocenters. The van der Waals surface area contributed by atoms with Crippen molar-refractivity contribution in [3.63, 3.8) is 0 Å². The zero-order chi connectivity index (χ0) is 10.5. The highest BCUT2D eigenvalue weighted by molar-refractivity contribution is 5.85. The number of carboxylic acids is 1. The van der Waals surface area contributed by atoms with Gasteiger partial charge in [0.25, 0.3) is 5.96 Å². The van der Waals surface area contributed by atoms with Gasteiger partial charge >= 0.3 is 12.1 Å². The second-order valence-corrected chi connectivity index (χ2v) is 1.72. The predicted molar refractivity (Wildman–Crippen MR) is 35.7 cm³/mol. The van der Waals surface area contributed by atoms with Crippen molar-refractivity contribution in [2.24, 2.45) is 15.8 Å². The van der Waals surface area contributed by atoms with Crippen LogP contribution in [-0.2, 0) is 4.79 Å². The normalized spacial score (nSPS) is 14.5. The Bertz CT molecular complexity index is 244. The molecular formula is C4H6F3N4O2+. The Morgan fingerprint density at radius 2 is 2.08 bits per heavy atom. The van der Waals surface area contributed by atoms with Crippen molar-refractivity contribution in [3.05, 3.63) is 0 Å². The fourth-order valence-electron chi connectivity index (χ4n) is 0.253. The molecule has 0 fully saturated rings. The van der Waals surface area contributed by atoms with E-state index in [0.29, 0.717) is 5.96 Å². The number of carbonyl (C=O) groups is 1. The fourth-order valence-corrected chi connectivity index (χ4v) is 0.253. The van der Waals surface area contributed by atoms with E-state index in [4.69, 9.17) is 15.6 Å². The van der Waals surface area contributed by atoms with Crippen LogP contribution in [0.2, 0.25) is 0 Å². The van der Waals surface area contributed by atoms with Crippen LogP contribution in [0, 0.1) is 0 Å². The smallest absolute Gasteiger partial charge is 0.475 e. The maximum absolute atomic E-state index is 10.6. The fraction of sp³-hybridized carbons (Fsp3) is 0.250. The molecule has 0 radical (unpaired) electrons. The average Bonchev–Trinajstić information content (AvgIpc) is 2.38. The number of alkyl halides is 3. The summed E-state index contributed by atoms with van der Waals surface area (Å²) in [5.74, 6) is -2.41. The Labute approximate surface area is 69.9 Å². The van der Waals surface area contributed by atoms with Crippen LogP contribution in [0.1, 0.15) is 0 Å². The molecule has 0 saturated heterocycles. The van der Waals surface area contributed by atoms with E-state index in [1.54, 1.807) is 11.8 Å². The molecule has 74 valence electrons. The molecule has 9 heteroatoms. The number of rotatable bonds is 0. The van der Waals surface area contributed by atoms with Crippen LogP contribution in [0.15, 0.2) is 10.1 Å². The van der Waals surface area contributed by atoms with Crippen molar-refractivity contribution >= 4 is 18.3 Å². The third-order valence-electron chi connectivity index (χ3n) is 0.723. The third-order valence-corrected chi connectivity index (χ3v) is 0.723. The molecule has 13 heavy (non-hydrogen) atoms. The molecule has 0 aliphatic carbocycles. The van der Waals surface area contributed by atoms with Gasteiger partial charge in [-0.2, -0.15) is 23.6 Å². The Morgan fingerprint density at radius 1 is 1.62 bits per heavy atom. The highest BCUT2D eigenvalue weighted by Crippen LogP contribution is 2.13. The van der Waals surface area contributed by atoms with Crippen LogP contribution < -0.4 is 11.2 Å². The van der Waals surface area contributed by atoms with Gasteiger partial charge in [0, 0.05) is 0 Å². The lowest BCUT2D eigenvalue weighted by atomic mass is 10.7. The molecule has 1 aliphatic heterocycles. The number of quaternary nitrogens is 1. The van der Waals surface area contributed by atoms with Crippen molar-refractivity contribution < 1.29 is 28.5 Å². The van der Waals surface area contributed by atoms with Gasteiger partial charge in [-0.05, 0) is 5.10 Å². The van der Waals surface area contributed by atoms with Crippen LogP contribution in [0.4, 0.5) is 13.2 Å². The van der Waals surface area contributed by atoms with Gasteiger partial charge in [0.2, 0.25) is 6.34 Å². The molecule has 0 amide bonds. The quantitative estimate of drug-likeness (QED) is 0.411. The summed E-state index contributed by atoms with van der Waals surface area (Å²) < 4.78 is 31.7. The van der Waals surface area contributed by atoms with E-state index in [1.165, 1.54) is 0 Å². The molecule has 6 nitrogen and oxygen atoms in total. The topological polar surface area (TPSA) is 105 Å². The maximum atomic E-state index is 10.6. The number of aliphatic imine (C=N–C) groups is 1. The lowest BCUT2D eigenvalue weighted by molar-refractivity contribution is -0.532. The maximum Gasteiger partial charge on any atom is 0.490 e. The first-order valence-corrected chi connectivity index (χ1v) is 2.83. The van der Waals surface area contributed by atoms with Gasteiger partial charge in [0.15, 0.2) is 0 Å². The van der Waals surface area contributed by atoms with Crippen LogP contribution in [0.5, 0.6) is 0 Å². The van der Waals surface area contributed by atoms with Gasteiger partial charge in [-0.15, -0.1) is 0 Å². The number of aliphatic carboxylic acids is 1. The summed E-state index contributed by atoms with van der Waals surface area (Å²) in [4.78, 5) is 12.5. The summed E-state index contributed by atoms with van der Waals surface area (Å²) in [6.45, 7) is 0. The molecule has 1 rings (SSSR count). The van der Waals surface area contributed by atoms with Crippen molar-refractivity contribution in [2.75, 3.05) is 0 Å². The van der Waals surface area contributed by atoms with E-state index in [1.807, 2.05) is 0 Å². The minimum Gasteiger partial charge on any atom is -0.475 e. The summed E-state index contributed by atoms with van der Waals surface area (Å²) in [7, 11) is 0. The molecule has 1 aliphatic rings. The summed E-state index contributed by atoms with van der Waals surface area (Å²) >= 11 is 0. The number of nitrogens with zero attached hydrogens (tertiary/aromatic N) is 2. The van der Waals surface area contributed by atoms with Crippen LogP contribution in [0.25, 0.3) is 0 Å². The molecule has 0 aromatic carbocycles. The van der Waals surface area contributed by atoms with E-state index in [2.05, 4.69) is 10.1 Å². The van der Waals surface area contributed by atoms with Crippen LogP contribution in [0.3, 0.4) is 0 Å². The second kappa shape index (κ2) is 4.40. The van der Waals surface area contributed by atoms with Crippen LogP contribution in [-0.4, -0.2) is 29.6 Å². The lowest BCUT2D eigenvalue weighted by Gasteiger charge is -1.93. The van der Waals surface area contributed by atoms with Gasteiger partial charge in [0.1, 0.15) is 0 Å². The SMILES string of the molecule is NC1=N[NH2+]C=N1.O=C(O)C(F)(F)F. The minimum atomic E-state index is -5.08. The van der Waals surface area contributed by atoms with Crippen molar-refractivity contribution in [2.45, 2.75) is 6.18 Å². The Morgan fingerprint density at radius 3 is 2.15 bits per heavy atom. The van der Waals surface area contributed by atoms with E-state index in [-0.39, 0.29) is 0 Å². The number of hydrogen-bond acceptors (Lipinski definition) is 4. The van der Waals surface area contributed by atoms with Crippen molar-refractivity contribution in [3.8, 4) is 0 Å². The Kier molecular flexibility index (Phi) is 3.85. The van der Waals surface area contributed by atoms with Gasteiger partial charge in [0.05, 0.1) is 0 Å². The summed E-state index contributed by atoms with van der Waals surface area (Å²) in [5.41, 5.74) is 6.61. The highest BCUT2D eigenvalue weighted by Gasteiger charge is 2.38.